The highest BCUT2D eigenvalue weighted by molar-refractivity contribution is 5.94. The number of fused-ring (bicyclic) bond motifs is 3. The Hall–Kier alpha value is -3.26. The van der Waals surface area contributed by atoms with Crippen molar-refractivity contribution in [3.8, 4) is 0 Å². The van der Waals surface area contributed by atoms with Crippen LogP contribution in [0.25, 0.3) is 10.9 Å². The number of amides is 2. The Labute approximate surface area is 172 Å². The molecule has 2 amide bonds. The molecule has 156 valence electrons. The molecule has 1 aliphatic rings. The molecule has 0 aliphatic carbocycles. The molecule has 0 spiro atoms. The molecule has 3 N–H and O–H groups in total. The smallest absolute Gasteiger partial charge is 0.243 e. The van der Waals surface area contributed by atoms with Crippen molar-refractivity contribution in [1.82, 2.24) is 15.2 Å². The lowest BCUT2D eigenvalue weighted by atomic mass is 9.98. The number of nitrogens with one attached hydrogen (secondary N) is 3. The van der Waals surface area contributed by atoms with Gasteiger partial charge in [0.05, 0.1) is 13.1 Å². The first-order valence-electron chi connectivity index (χ1n) is 9.77. The molecule has 2 heterocycles. The fraction of sp³-hybridized carbons (Fsp3) is 0.273. The van der Waals surface area contributed by atoms with Crippen LogP contribution >= 0.6 is 0 Å². The lowest BCUT2D eigenvalue weighted by Crippen LogP contribution is -2.43. The molecule has 0 bridgehead atoms. The summed E-state index contributed by atoms with van der Waals surface area (Å²) in [4.78, 5) is 29.8. The summed E-state index contributed by atoms with van der Waals surface area (Å²) in [5.74, 6) is -2.83. The first-order valence-corrected chi connectivity index (χ1v) is 9.77. The van der Waals surface area contributed by atoms with Gasteiger partial charge in [0.25, 0.3) is 0 Å². The highest BCUT2D eigenvalue weighted by Gasteiger charge is 2.28. The van der Waals surface area contributed by atoms with E-state index in [4.69, 9.17) is 0 Å². The van der Waals surface area contributed by atoms with Gasteiger partial charge < -0.3 is 15.6 Å². The summed E-state index contributed by atoms with van der Waals surface area (Å²) < 4.78 is 26.2. The van der Waals surface area contributed by atoms with Gasteiger partial charge in [0.15, 0.2) is 11.6 Å². The maximum Gasteiger partial charge on any atom is 0.243 e. The molecular formula is C22H22F2N4O2. The number of aromatic nitrogens is 1. The Morgan fingerprint density at radius 2 is 1.93 bits per heavy atom. The van der Waals surface area contributed by atoms with E-state index >= 15 is 0 Å². The van der Waals surface area contributed by atoms with Crippen molar-refractivity contribution in [3.63, 3.8) is 0 Å². The summed E-state index contributed by atoms with van der Waals surface area (Å²) >= 11 is 0. The molecule has 6 nitrogen and oxygen atoms in total. The van der Waals surface area contributed by atoms with E-state index < -0.39 is 17.5 Å². The molecule has 0 saturated heterocycles. The van der Waals surface area contributed by atoms with E-state index in [2.05, 4.69) is 33.5 Å². The van der Waals surface area contributed by atoms with Crippen LogP contribution in [0, 0.1) is 11.6 Å². The van der Waals surface area contributed by atoms with Crippen molar-refractivity contribution in [2.45, 2.75) is 19.4 Å². The maximum atomic E-state index is 13.2. The maximum absolute atomic E-state index is 13.2. The summed E-state index contributed by atoms with van der Waals surface area (Å²) in [5.41, 5.74) is 3.63. The van der Waals surface area contributed by atoms with Crippen LogP contribution in [-0.2, 0) is 16.0 Å². The molecule has 1 aromatic heterocycles. The third kappa shape index (κ3) is 4.04. The molecule has 0 radical (unpaired) electrons. The molecule has 8 heteroatoms. The van der Waals surface area contributed by atoms with Gasteiger partial charge in [-0.1, -0.05) is 18.2 Å². The Bertz CT molecular complexity index is 1110. The number of aromatic amines is 1. The normalized spacial score (nSPS) is 16.3. The van der Waals surface area contributed by atoms with Crippen molar-refractivity contribution >= 4 is 28.4 Å². The van der Waals surface area contributed by atoms with Gasteiger partial charge in [-0.15, -0.1) is 0 Å². The van der Waals surface area contributed by atoms with E-state index in [0.29, 0.717) is 0 Å². The number of para-hydroxylation sites is 1. The van der Waals surface area contributed by atoms with Gasteiger partial charge in [0, 0.05) is 40.9 Å². The molecule has 1 aliphatic heterocycles. The van der Waals surface area contributed by atoms with Crippen LogP contribution in [-0.4, -0.2) is 41.3 Å². The SMILES string of the molecule is CC1c2[nH]c3ccccc3c2CCN1CC(=O)NCC(=O)Nc1ccc(F)c(F)c1. The van der Waals surface area contributed by atoms with E-state index in [1.165, 1.54) is 17.0 Å². The molecular weight excluding hydrogens is 390 g/mol. The molecule has 0 fully saturated rings. The average Bonchev–Trinajstić information content (AvgIpc) is 3.11. The lowest BCUT2D eigenvalue weighted by Gasteiger charge is -2.32. The summed E-state index contributed by atoms with van der Waals surface area (Å²) in [5, 5.41) is 6.22. The van der Waals surface area contributed by atoms with Crippen molar-refractivity contribution in [2.75, 3.05) is 25.0 Å². The zero-order valence-electron chi connectivity index (χ0n) is 16.5. The molecule has 1 unspecified atom stereocenters. The average molecular weight is 412 g/mol. The van der Waals surface area contributed by atoms with E-state index in [1.54, 1.807) is 0 Å². The van der Waals surface area contributed by atoms with Gasteiger partial charge >= 0.3 is 0 Å². The fourth-order valence-corrected chi connectivity index (χ4v) is 3.89. The van der Waals surface area contributed by atoms with Crippen molar-refractivity contribution < 1.29 is 18.4 Å². The second-order valence-corrected chi connectivity index (χ2v) is 7.41. The number of H-pyrrole nitrogens is 1. The van der Waals surface area contributed by atoms with Crippen LogP contribution in [0.4, 0.5) is 14.5 Å². The van der Waals surface area contributed by atoms with E-state index in [9.17, 15) is 18.4 Å². The molecule has 4 rings (SSSR count). The standard InChI is InChI=1S/C22H22F2N4O2/c1-13-22-16(15-4-2-3-5-19(15)27-22)8-9-28(13)12-21(30)25-11-20(29)26-14-6-7-17(23)18(24)10-14/h2-7,10,13,27H,8-9,11-12H2,1H3,(H,25,30)(H,26,29). The number of benzene rings is 2. The summed E-state index contributed by atoms with van der Waals surface area (Å²) in [6, 6.07) is 11.3. The molecule has 1 atom stereocenters. The third-order valence-corrected chi connectivity index (χ3v) is 5.46. The topological polar surface area (TPSA) is 77.2 Å². The van der Waals surface area contributed by atoms with E-state index in [0.717, 1.165) is 36.3 Å². The summed E-state index contributed by atoms with van der Waals surface area (Å²) in [6.45, 7) is 2.70. The monoisotopic (exact) mass is 412 g/mol. The quantitative estimate of drug-likeness (QED) is 0.603. The van der Waals surface area contributed by atoms with Crippen LogP contribution < -0.4 is 10.6 Å². The number of nitrogens with zero attached hydrogens (tertiary/aromatic N) is 1. The Morgan fingerprint density at radius 3 is 2.73 bits per heavy atom. The van der Waals surface area contributed by atoms with E-state index in [1.807, 2.05) is 18.2 Å². The van der Waals surface area contributed by atoms with Gasteiger partial charge in [-0.25, -0.2) is 8.78 Å². The first kappa shape index (κ1) is 20.0. The van der Waals surface area contributed by atoms with Crippen molar-refractivity contribution in [3.05, 3.63) is 65.4 Å². The molecule has 3 aromatic rings. The van der Waals surface area contributed by atoms with Gasteiger partial charge in [-0.3, -0.25) is 14.5 Å². The fourth-order valence-electron chi connectivity index (χ4n) is 3.89. The summed E-state index contributed by atoms with van der Waals surface area (Å²) in [6.07, 6.45) is 0.841. The van der Waals surface area contributed by atoms with Crippen LogP contribution in [0.5, 0.6) is 0 Å². The van der Waals surface area contributed by atoms with Gasteiger partial charge in [-0.2, -0.15) is 0 Å². The molecule has 2 aromatic carbocycles. The zero-order valence-corrected chi connectivity index (χ0v) is 16.5. The number of carbonyl (C=O) groups is 2. The number of hydrogen-bond donors (Lipinski definition) is 3. The minimum Gasteiger partial charge on any atom is -0.357 e. The van der Waals surface area contributed by atoms with Gasteiger partial charge in [0.1, 0.15) is 0 Å². The first-order chi connectivity index (χ1) is 14.4. The number of rotatable bonds is 5. The van der Waals surface area contributed by atoms with Crippen LogP contribution in [0.1, 0.15) is 24.2 Å². The molecule has 30 heavy (non-hydrogen) atoms. The second kappa shape index (κ2) is 8.23. The van der Waals surface area contributed by atoms with Gasteiger partial charge in [0.2, 0.25) is 11.8 Å². The molecule has 0 saturated carbocycles. The number of halogens is 2. The highest BCUT2D eigenvalue weighted by Crippen LogP contribution is 2.33. The van der Waals surface area contributed by atoms with E-state index in [-0.39, 0.29) is 30.7 Å². The zero-order chi connectivity index (χ0) is 21.3. The predicted molar refractivity (Wildman–Crippen MR) is 110 cm³/mol. The lowest BCUT2D eigenvalue weighted by molar-refractivity contribution is -0.125. The summed E-state index contributed by atoms with van der Waals surface area (Å²) in [7, 11) is 0. The van der Waals surface area contributed by atoms with Crippen LogP contribution in [0.15, 0.2) is 42.5 Å². The largest absolute Gasteiger partial charge is 0.357 e. The van der Waals surface area contributed by atoms with Crippen molar-refractivity contribution in [1.29, 1.82) is 0 Å². The Balaban J connectivity index is 1.32. The minimum absolute atomic E-state index is 0.0444. The minimum atomic E-state index is -1.05. The third-order valence-electron chi connectivity index (χ3n) is 5.46. The number of hydrogen-bond acceptors (Lipinski definition) is 3. The van der Waals surface area contributed by atoms with Crippen LogP contribution in [0.3, 0.4) is 0 Å². The van der Waals surface area contributed by atoms with Crippen LogP contribution in [0.2, 0.25) is 0 Å². The highest BCUT2D eigenvalue weighted by atomic mass is 19.2. The number of carbonyl (C=O) groups excluding carboxylic acids is 2. The Morgan fingerprint density at radius 1 is 1.13 bits per heavy atom. The predicted octanol–water partition coefficient (Wildman–Crippen LogP) is 3.12. The van der Waals surface area contributed by atoms with Gasteiger partial charge in [-0.05, 0) is 37.1 Å². The van der Waals surface area contributed by atoms with Crippen molar-refractivity contribution in [2.24, 2.45) is 0 Å². The Kier molecular flexibility index (Phi) is 5.50. The number of anilines is 1. The second-order valence-electron chi connectivity index (χ2n) is 7.41.